The molecule has 130 valence electrons. The standard InChI is InChI=1S/C20H17N3O2S/c1-25-19(24)11-6-14-2-7-16(8-3-14)18-13-23(20(26)22-18)17-9-4-15(12-21)5-10-17/h2-5,7-10,13H,6,11H2,1H3,(H,22,26). The van der Waals surface area contributed by atoms with Crippen molar-refractivity contribution in [2.24, 2.45) is 0 Å². The van der Waals surface area contributed by atoms with Crippen LogP contribution in [0.2, 0.25) is 0 Å². The lowest BCUT2D eigenvalue weighted by atomic mass is 10.1. The van der Waals surface area contributed by atoms with Crippen molar-refractivity contribution in [3.8, 4) is 23.0 Å². The molecule has 0 aliphatic carbocycles. The second kappa shape index (κ2) is 7.81. The largest absolute Gasteiger partial charge is 0.469 e. The highest BCUT2D eigenvalue weighted by atomic mass is 32.1. The van der Waals surface area contributed by atoms with Gasteiger partial charge in [0, 0.05) is 18.3 Å². The molecule has 0 atom stereocenters. The number of nitrogens with zero attached hydrogens (tertiary/aromatic N) is 2. The molecule has 0 unspecified atom stereocenters. The van der Waals surface area contributed by atoms with Gasteiger partial charge in [0.05, 0.1) is 24.4 Å². The highest BCUT2D eigenvalue weighted by Crippen LogP contribution is 2.21. The van der Waals surface area contributed by atoms with Crippen LogP contribution < -0.4 is 0 Å². The van der Waals surface area contributed by atoms with Crippen LogP contribution in [0.5, 0.6) is 0 Å². The highest BCUT2D eigenvalue weighted by Gasteiger charge is 2.06. The molecule has 1 aromatic heterocycles. The third-order valence-corrected chi connectivity index (χ3v) is 4.40. The van der Waals surface area contributed by atoms with Gasteiger partial charge in [0.1, 0.15) is 0 Å². The zero-order valence-electron chi connectivity index (χ0n) is 14.2. The third-order valence-electron chi connectivity index (χ3n) is 4.10. The van der Waals surface area contributed by atoms with Crippen LogP contribution in [0.25, 0.3) is 16.9 Å². The zero-order valence-corrected chi connectivity index (χ0v) is 15.0. The van der Waals surface area contributed by atoms with E-state index in [-0.39, 0.29) is 5.97 Å². The number of carbonyl (C=O) groups is 1. The Balaban J connectivity index is 1.81. The predicted octanol–water partition coefficient (Wildman–Crippen LogP) is 4.18. The summed E-state index contributed by atoms with van der Waals surface area (Å²) >= 11 is 5.42. The van der Waals surface area contributed by atoms with E-state index in [1.54, 1.807) is 12.1 Å². The number of carbonyl (C=O) groups excluding carboxylic acids is 1. The highest BCUT2D eigenvalue weighted by molar-refractivity contribution is 7.71. The Morgan fingerprint density at radius 3 is 2.50 bits per heavy atom. The van der Waals surface area contributed by atoms with Crippen molar-refractivity contribution in [3.05, 3.63) is 70.6 Å². The van der Waals surface area contributed by atoms with Crippen molar-refractivity contribution in [3.63, 3.8) is 0 Å². The number of hydrogen-bond acceptors (Lipinski definition) is 4. The molecule has 6 heteroatoms. The average molecular weight is 363 g/mol. The predicted molar refractivity (Wildman–Crippen MR) is 101 cm³/mol. The second-order valence-corrected chi connectivity index (χ2v) is 6.16. The molecule has 0 amide bonds. The molecule has 5 nitrogen and oxygen atoms in total. The van der Waals surface area contributed by atoms with Crippen LogP contribution >= 0.6 is 12.2 Å². The molecule has 0 bridgehead atoms. The van der Waals surface area contributed by atoms with Gasteiger partial charge in [0.2, 0.25) is 0 Å². The SMILES string of the molecule is COC(=O)CCc1ccc(-c2cn(-c3ccc(C#N)cc3)c(=S)[nH]2)cc1. The second-order valence-electron chi connectivity index (χ2n) is 5.77. The number of aryl methyl sites for hydroxylation is 1. The first-order valence-corrected chi connectivity index (χ1v) is 8.50. The van der Waals surface area contributed by atoms with Crippen LogP contribution in [0.15, 0.2) is 54.7 Å². The molecule has 0 fully saturated rings. The minimum atomic E-state index is -0.211. The van der Waals surface area contributed by atoms with E-state index in [9.17, 15) is 4.79 Å². The summed E-state index contributed by atoms with van der Waals surface area (Å²) in [6, 6.07) is 17.3. The van der Waals surface area contributed by atoms with Crippen LogP contribution in [-0.4, -0.2) is 22.6 Å². The Bertz CT molecular complexity index is 1010. The number of aromatic nitrogens is 2. The van der Waals surface area contributed by atoms with Crippen LogP contribution in [0, 0.1) is 16.1 Å². The summed E-state index contributed by atoms with van der Waals surface area (Å²) in [7, 11) is 1.40. The van der Waals surface area contributed by atoms with Gasteiger partial charge in [-0.2, -0.15) is 5.26 Å². The lowest BCUT2D eigenvalue weighted by Crippen LogP contribution is -2.01. The summed E-state index contributed by atoms with van der Waals surface area (Å²) in [6.45, 7) is 0. The maximum atomic E-state index is 11.2. The summed E-state index contributed by atoms with van der Waals surface area (Å²) in [4.78, 5) is 14.4. The van der Waals surface area contributed by atoms with Crippen molar-refractivity contribution >= 4 is 18.2 Å². The number of hydrogen-bond donors (Lipinski definition) is 1. The molecule has 26 heavy (non-hydrogen) atoms. The molecule has 0 aliphatic heterocycles. The molecular formula is C20H17N3O2S. The number of esters is 1. The van der Waals surface area contributed by atoms with E-state index in [2.05, 4.69) is 15.8 Å². The number of benzene rings is 2. The molecule has 0 aliphatic rings. The van der Waals surface area contributed by atoms with Crippen molar-refractivity contribution in [1.82, 2.24) is 9.55 Å². The quantitative estimate of drug-likeness (QED) is 0.545. The summed E-state index contributed by atoms with van der Waals surface area (Å²) in [5.41, 5.74) is 4.48. The number of aromatic amines is 1. The van der Waals surface area contributed by atoms with Crippen molar-refractivity contribution in [1.29, 1.82) is 5.26 Å². The fourth-order valence-corrected chi connectivity index (χ4v) is 2.90. The van der Waals surface area contributed by atoms with Gasteiger partial charge >= 0.3 is 5.97 Å². The Hall–Kier alpha value is -3.17. The van der Waals surface area contributed by atoms with E-state index in [1.165, 1.54) is 7.11 Å². The summed E-state index contributed by atoms with van der Waals surface area (Å²) in [6.07, 6.45) is 2.95. The van der Waals surface area contributed by atoms with E-state index < -0.39 is 0 Å². The van der Waals surface area contributed by atoms with E-state index >= 15 is 0 Å². The lowest BCUT2D eigenvalue weighted by Gasteiger charge is -2.03. The molecule has 3 rings (SSSR count). The molecule has 0 spiro atoms. The smallest absolute Gasteiger partial charge is 0.305 e. The minimum Gasteiger partial charge on any atom is -0.469 e. The van der Waals surface area contributed by atoms with Crippen molar-refractivity contribution < 1.29 is 9.53 Å². The molecule has 2 aromatic carbocycles. The van der Waals surface area contributed by atoms with Crippen LogP contribution in [0.3, 0.4) is 0 Å². The van der Waals surface area contributed by atoms with Crippen LogP contribution in [-0.2, 0) is 16.0 Å². The Kier molecular flexibility index (Phi) is 5.30. The van der Waals surface area contributed by atoms with E-state index in [0.717, 1.165) is 22.5 Å². The number of rotatable bonds is 5. The molecule has 0 radical (unpaired) electrons. The number of methoxy groups -OCH3 is 1. The average Bonchev–Trinajstić information content (AvgIpc) is 3.08. The van der Waals surface area contributed by atoms with Crippen LogP contribution in [0.4, 0.5) is 0 Å². The Morgan fingerprint density at radius 2 is 1.88 bits per heavy atom. The first-order chi connectivity index (χ1) is 12.6. The van der Waals surface area contributed by atoms with Gasteiger partial charge in [0.25, 0.3) is 0 Å². The van der Waals surface area contributed by atoms with E-state index in [1.807, 2.05) is 47.2 Å². The van der Waals surface area contributed by atoms with Gasteiger partial charge in [-0.3, -0.25) is 9.36 Å². The first-order valence-electron chi connectivity index (χ1n) is 8.09. The summed E-state index contributed by atoms with van der Waals surface area (Å²) in [5.74, 6) is -0.211. The number of imidazole rings is 1. The number of nitriles is 1. The van der Waals surface area contributed by atoms with Gasteiger partial charge in [-0.25, -0.2) is 0 Å². The maximum Gasteiger partial charge on any atom is 0.305 e. The molecule has 1 N–H and O–H groups in total. The van der Waals surface area contributed by atoms with Gasteiger partial charge in [-0.1, -0.05) is 24.3 Å². The monoisotopic (exact) mass is 363 g/mol. The van der Waals surface area contributed by atoms with Gasteiger partial charge < -0.3 is 9.72 Å². The number of H-pyrrole nitrogens is 1. The topological polar surface area (TPSA) is 70.8 Å². The fraction of sp³-hybridized carbons (Fsp3) is 0.150. The van der Waals surface area contributed by atoms with Crippen LogP contribution in [0.1, 0.15) is 17.5 Å². The molecule has 0 saturated carbocycles. The Labute approximate surface area is 156 Å². The van der Waals surface area contributed by atoms with Crippen molar-refractivity contribution in [2.75, 3.05) is 7.11 Å². The van der Waals surface area contributed by atoms with Gasteiger partial charge in [-0.15, -0.1) is 0 Å². The summed E-state index contributed by atoms with van der Waals surface area (Å²) in [5, 5.41) is 8.90. The van der Waals surface area contributed by atoms with E-state index in [4.69, 9.17) is 17.5 Å². The first kappa shape index (κ1) is 17.6. The Morgan fingerprint density at radius 1 is 1.19 bits per heavy atom. The molecular weight excluding hydrogens is 346 g/mol. The fourth-order valence-electron chi connectivity index (χ4n) is 2.63. The summed E-state index contributed by atoms with van der Waals surface area (Å²) < 4.78 is 7.12. The minimum absolute atomic E-state index is 0.211. The normalized spacial score (nSPS) is 10.3. The van der Waals surface area contributed by atoms with Crippen molar-refractivity contribution in [2.45, 2.75) is 12.8 Å². The molecule has 3 aromatic rings. The number of nitrogens with one attached hydrogen (secondary N) is 1. The third kappa shape index (κ3) is 3.90. The number of ether oxygens (including phenoxy) is 1. The zero-order chi connectivity index (χ0) is 18.5. The molecule has 0 saturated heterocycles. The molecule has 1 heterocycles. The maximum absolute atomic E-state index is 11.2. The van der Waals surface area contributed by atoms with Gasteiger partial charge in [-0.05, 0) is 54.0 Å². The van der Waals surface area contributed by atoms with Gasteiger partial charge in [0.15, 0.2) is 4.77 Å². The van der Waals surface area contributed by atoms with E-state index in [0.29, 0.717) is 23.2 Å². The lowest BCUT2D eigenvalue weighted by molar-refractivity contribution is -0.140.